The van der Waals surface area contributed by atoms with E-state index >= 15 is 0 Å². The van der Waals surface area contributed by atoms with Gasteiger partial charge in [0, 0.05) is 25.7 Å². The van der Waals surface area contributed by atoms with Crippen molar-refractivity contribution in [3.63, 3.8) is 0 Å². The van der Waals surface area contributed by atoms with Crippen LogP contribution in [-0.4, -0.2) is 96.7 Å². The van der Waals surface area contributed by atoms with E-state index in [9.17, 15) is 43.2 Å². The predicted molar refractivity (Wildman–Crippen MR) is 418 cm³/mol. The Labute approximate surface area is 626 Å². The number of aliphatic hydroxyl groups excluding tert-OH is 1. The van der Waals surface area contributed by atoms with Crippen molar-refractivity contribution >= 4 is 39.5 Å². The molecule has 0 aliphatic heterocycles. The number of carbonyl (C=O) groups is 4. The zero-order chi connectivity index (χ0) is 75.3. The SMILES string of the molecule is CCC(C)CCCCCCCCCCCCCCCCCCCCC(=O)O[C@H](COC(=O)CCCCCCCCC(C)CC)COP(=O)(O)OC[C@H](O)COP(=O)(O)OC[C@@H](COC(=O)CCCCCCCCCCCCCCCCC(C)C)OC(=O)CCCCCCCCCCCCC(C)C. The van der Waals surface area contributed by atoms with Gasteiger partial charge in [-0.1, -0.05) is 376 Å². The number of carbonyl (C=O) groups excluding carboxylic acids is 4. The van der Waals surface area contributed by atoms with E-state index in [2.05, 4.69) is 55.4 Å². The zero-order valence-corrected chi connectivity index (χ0v) is 69.0. The molecule has 0 rings (SSSR count). The monoisotopic (exact) mass is 1490 g/mol. The molecule has 3 N–H and O–H groups in total. The van der Waals surface area contributed by atoms with Gasteiger partial charge in [-0.3, -0.25) is 37.3 Å². The minimum absolute atomic E-state index is 0.106. The Hall–Kier alpha value is -1.94. The van der Waals surface area contributed by atoms with Crippen LogP contribution in [0, 0.1) is 23.7 Å². The zero-order valence-electron chi connectivity index (χ0n) is 67.2. The summed E-state index contributed by atoms with van der Waals surface area (Å²) in [5.74, 6) is 1.04. The Kier molecular flexibility index (Phi) is 70.6. The number of unbranched alkanes of at least 4 members (excludes halogenated alkanes) is 44. The molecule has 606 valence electrons. The molecule has 0 bridgehead atoms. The summed E-state index contributed by atoms with van der Waals surface area (Å²) in [6, 6.07) is 0. The summed E-state index contributed by atoms with van der Waals surface area (Å²) in [7, 11) is -9.92. The van der Waals surface area contributed by atoms with Gasteiger partial charge in [0.15, 0.2) is 12.2 Å². The van der Waals surface area contributed by atoms with E-state index in [1.807, 2.05) is 0 Å². The summed E-state index contributed by atoms with van der Waals surface area (Å²) in [4.78, 5) is 73.1. The van der Waals surface area contributed by atoms with Gasteiger partial charge in [0.1, 0.15) is 19.3 Å². The second-order valence-electron chi connectivity index (χ2n) is 31.3. The average Bonchev–Trinajstić information content (AvgIpc) is 0.952. The lowest BCUT2D eigenvalue weighted by Crippen LogP contribution is -2.30. The van der Waals surface area contributed by atoms with E-state index < -0.39 is 97.5 Å². The van der Waals surface area contributed by atoms with Crippen molar-refractivity contribution in [3.8, 4) is 0 Å². The molecule has 0 heterocycles. The number of esters is 4. The van der Waals surface area contributed by atoms with E-state index in [0.29, 0.717) is 25.7 Å². The molecule has 0 aromatic heterocycles. The van der Waals surface area contributed by atoms with Crippen LogP contribution in [0.4, 0.5) is 0 Å². The van der Waals surface area contributed by atoms with Crippen molar-refractivity contribution in [2.45, 2.75) is 446 Å². The number of hydrogen-bond donors (Lipinski definition) is 3. The summed E-state index contributed by atoms with van der Waals surface area (Å²) in [5.41, 5.74) is 0. The van der Waals surface area contributed by atoms with Gasteiger partial charge < -0.3 is 33.8 Å². The largest absolute Gasteiger partial charge is 0.472 e. The molecule has 0 saturated heterocycles. The van der Waals surface area contributed by atoms with Crippen LogP contribution in [0.1, 0.15) is 428 Å². The van der Waals surface area contributed by atoms with E-state index in [1.165, 1.54) is 225 Å². The Morgan fingerprint density at radius 1 is 0.275 bits per heavy atom. The Bertz CT molecular complexity index is 1990. The fourth-order valence-electron chi connectivity index (χ4n) is 12.7. The molecule has 0 aliphatic carbocycles. The van der Waals surface area contributed by atoms with Crippen LogP contribution in [0.3, 0.4) is 0 Å². The number of phosphoric acid groups is 2. The molecule has 0 saturated carbocycles. The van der Waals surface area contributed by atoms with Crippen LogP contribution in [0.15, 0.2) is 0 Å². The van der Waals surface area contributed by atoms with E-state index in [1.54, 1.807) is 0 Å². The average molecular weight is 1490 g/mol. The van der Waals surface area contributed by atoms with Gasteiger partial charge in [-0.15, -0.1) is 0 Å². The van der Waals surface area contributed by atoms with Gasteiger partial charge in [0.2, 0.25) is 0 Å². The quantitative estimate of drug-likeness (QED) is 0.0222. The smallest absolute Gasteiger partial charge is 0.462 e. The number of ether oxygens (including phenoxy) is 4. The standard InChI is InChI=1S/C83H162O17P2/c1-9-75(7)61-53-45-37-31-24-20-15-13-11-12-14-16-22-26-33-39-49-57-65-82(87)100-79(70-94-81(86)64-56-48-42-41-46-54-62-76(8)10-2)72-98-102(91,92)96-68-77(84)67-95-101(89,90)97-71-78(99-83(88)66-58-50-40-34-28-27-30-36-44-52-60-74(5)6)69-93-80(85)63-55-47-38-32-25-21-18-17-19-23-29-35-43-51-59-73(3)4/h73-79,84H,9-72H2,1-8H3,(H,89,90)(H,91,92)/t75?,76?,77-,78-,79-/m1/s1. The molecule has 0 radical (unpaired) electrons. The minimum atomic E-state index is -4.96. The summed E-state index contributed by atoms with van der Waals surface area (Å²) in [5, 5.41) is 10.6. The lowest BCUT2D eigenvalue weighted by molar-refractivity contribution is -0.161. The Morgan fingerprint density at radius 2 is 0.471 bits per heavy atom. The molecule has 0 aromatic rings. The lowest BCUT2D eigenvalue weighted by Gasteiger charge is -2.21. The summed E-state index contributed by atoms with van der Waals surface area (Å²) < 4.78 is 68.8. The fourth-order valence-corrected chi connectivity index (χ4v) is 14.3. The van der Waals surface area contributed by atoms with Gasteiger partial charge in [-0.25, -0.2) is 9.13 Å². The van der Waals surface area contributed by atoms with Gasteiger partial charge in [0.25, 0.3) is 0 Å². The lowest BCUT2D eigenvalue weighted by atomic mass is 9.99. The van der Waals surface area contributed by atoms with Gasteiger partial charge in [-0.05, 0) is 49.4 Å². The maximum Gasteiger partial charge on any atom is 0.472 e. The van der Waals surface area contributed by atoms with Crippen molar-refractivity contribution in [2.75, 3.05) is 39.6 Å². The Balaban J connectivity index is 5.19. The number of aliphatic hydroxyl groups is 1. The van der Waals surface area contributed by atoms with E-state index in [-0.39, 0.29) is 25.7 Å². The van der Waals surface area contributed by atoms with Crippen LogP contribution in [-0.2, 0) is 65.4 Å². The van der Waals surface area contributed by atoms with Crippen molar-refractivity contribution in [3.05, 3.63) is 0 Å². The van der Waals surface area contributed by atoms with Crippen LogP contribution in [0.5, 0.6) is 0 Å². The predicted octanol–water partition coefficient (Wildman–Crippen LogP) is 24.8. The van der Waals surface area contributed by atoms with Gasteiger partial charge in [-0.2, -0.15) is 0 Å². The number of rotatable bonds is 80. The molecule has 0 spiro atoms. The van der Waals surface area contributed by atoms with Crippen molar-refractivity contribution < 1.29 is 80.2 Å². The van der Waals surface area contributed by atoms with Crippen LogP contribution in [0.2, 0.25) is 0 Å². The molecule has 102 heavy (non-hydrogen) atoms. The molecule has 0 fully saturated rings. The highest BCUT2D eigenvalue weighted by atomic mass is 31.2. The molecule has 0 amide bonds. The first-order chi connectivity index (χ1) is 49.2. The first kappa shape index (κ1) is 100. The third-order valence-electron chi connectivity index (χ3n) is 20.0. The number of hydrogen-bond acceptors (Lipinski definition) is 15. The third kappa shape index (κ3) is 73.6. The summed E-state index contributed by atoms with van der Waals surface area (Å²) in [6.45, 7) is 14.3. The maximum atomic E-state index is 13.1. The summed E-state index contributed by atoms with van der Waals surface area (Å²) in [6.07, 6.45) is 59.7. The maximum absolute atomic E-state index is 13.1. The third-order valence-corrected chi connectivity index (χ3v) is 21.9. The highest BCUT2D eigenvalue weighted by molar-refractivity contribution is 7.47. The molecule has 17 nitrogen and oxygen atoms in total. The highest BCUT2D eigenvalue weighted by Gasteiger charge is 2.30. The topological polar surface area (TPSA) is 237 Å². The van der Waals surface area contributed by atoms with Crippen LogP contribution in [0.25, 0.3) is 0 Å². The molecule has 7 atom stereocenters. The first-order valence-corrected chi connectivity index (χ1v) is 45.8. The molecule has 19 heteroatoms. The second-order valence-corrected chi connectivity index (χ2v) is 34.2. The minimum Gasteiger partial charge on any atom is -0.462 e. The fraction of sp³-hybridized carbons (Fsp3) is 0.952. The van der Waals surface area contributed by atoms with Crippen LogP contribution >= 0.6 is 15.6 Å². The Morgan fingerprint density at radius 3 is 0.696 bits per heavy atom. The van der Waals surface area contributed by atoms with E-state index in [0.717, 1.165) is 120 Å². The van der Waals surface area contributed by atoms with Crippen LogP contribution < -0.4 is 0 Å². The molecular formula is C83H162O17P2. The van der Waals surface area contributed by atoms with Crippen molar-refractivity contribution in [1.82, 2.24) is 0 Å². The normalized spacial score (nSPS) is 14.5. The van der Waals surface area contributed by atoms with E-state index in [4.69, 9.17) is 37.0 Å². The van der Waals surface area contributed by atoms with Crippen molar-refractivity contribution in [1.29, 1.82) is 0 Å². The number of phosphoric ester groups is 2. The highest BCUT2D eigenvalue weighted by Crippen LogP contribution is 2.45. The van der Waals surface area contributed by atoms with Crippen molar-refractivity contribution in [2.24, 2.45) is 23.7 Å². The molecule has 4 unspecified atom stereocenters. The summed E-state index contributed by atoms with van der Waals surface area (Å²) >= 11 is 0. The molecule has 0 aliphatic rings. The van der Waals surface area contributed by atoms with Gasteiger partial charge in [0.05, 0.1) is 26.4 Å². The first-order valence-electron chi connectivity index (χ1n) is 42.8. The second kappa shape index (κ2) is 72.0. The molecule has 0 aromatic carbocycles. The molecular weight excluding hydrogens is 1330 g/mol. The van der Waals surface area contributed by atoms with Gasteiger partial charge >= 0.3 is 39.5 Å².